The molecule has 4 rings (SSSR count). The third-order valence-corrected chi connectivity index (χ3v) is 4.05. The highest BCUT2D eigenvalue weighted by Crippen LogP contribution is 2.38. The van der Waals surface area contributed by atoms with E-state index >= 15 is 0 Å². The van der Waals surface area contributed by atoms with E-state index in [1.807, 2.05) is 7.05 Å². The molecule has 1 fully saturated rings. The molecule has 9 nitrogen and oxygen atoms in total. The molecule has 1 saturated carbocycles. The van der Waals surface area contributed by atoms with Gasteiger partial charge in [-0.1, -0.05) is 5.16 Å². The van der Waals surface area contributed by atoms with Crippen LogP contribution in [0, 0.1) is 0 Å². The Bertz CT molecular complexity index is 953. The predicted octanol–water partition coefficient (Wildman–Crippen LogP) is 2.13. The molecule has 132 valence electrons. The molecule has 0 atom stereocenters. The Balaban J connectivity index is 1.54. The highest BCUT2D eigenvalue weighted by Gasteiger charge is 2.29. The topological polar surface area (TPSA) is 118 Å². The second-order valence-corrected chi connectivity index (χ2v) is 6.15. The maximum atomic E-state index is 11.1. The van der Waals surface area contributed by atoms with Crippen molar-refractivity contribution in [3.8, 4) is 11.4 Å². The largest absolute Gasteiger partial charge is 0.478 e. The normalized spacial score (nSPS) is 13.6. The van der Waals surface area contributed by atoms with Crippen molar-refractivity contribution in [2.75, 3.05) is 11.9 Å². The van der Waals surface area contributed by atoms with E-state index in [1.54, 1.807) is 17.2 Å². The number of pyridine rings is 1. The highest BCUT2D eigenvalue weighted by molar-refractivity contribution is 5.88. The SMILES string of the molecule is CN(Cc1nc(C2CC2)no1)c1nccc(-c2cc(C(=O)O)ccn2)n1. The fraction of sp³-hybridized carbons (Fsp3) is 0.294. The molecule has 0 bridgehead atoms. The summed E-state index contributed by atoms with van der Waals surface area (Å²) < 4.78 is 5.28. The van der Waals surface area contributed by atoms with Crippen LogP contribution >= 0.6 is 0 Å². The molecular weight excluding hydrogens is 336 g/mol. The van der Waals surface area contributed by atoms with Gasteiger partial charge in [0.1, 0.15) is 0 Å². The lowest BCUT2D eigenvalue weighted by Gasteiger charge is -2.15. The Hall–Kier alpha value is -3.36. The summed E-state index contributed by atoms with van der Waals surface area (Å²) >= 11 is 0. The summed E-state index contributed by atoms with van der Waals surface area (Å²) in [7, 11) is 1.82. The van der Waals surface area contributed by atoms with Crippen LogP contribution in [0.3, 0.4) is 0 Å². The van der Waals surface area contributed by atoms with E-state index in [2.05, 4.69) is 25.1 Å². The van der Waals surface area contributed by atoms with E-state index in [-0.39, 0.29) is 5.56 Å². The average molecular weight is 352 g/mol. The maximum Gasteiger partial charge on any atom is 0.335 e. The number of carbonyl (C=O) groups is 1. The van der Waals surface area contributed by atoms with E-state index in [1.165, 1.54) is 18.3 Å². The number of rotatable bonds is 6. The molecule has 26 heavy (non-hydrogen) atoms. The van der Waals surface area contributed by atoms with Crippen molar-refractivity contribution in [2.24, 2.45) is 0 Å². The Labute approximate surface area is 148 Å². The minimum atomic E-state index is -1.01. The molecular formula is C17H16N6O3. The van der Waals surface area contributed by atoms with Crippen molar-refractivity contribution in [3.63, 3.8) is 0 Å². The fourth-order valence-electron chi connectivity index (χ4n) is 2.49. The van der Waals surface area contributed by atoms with Crippen LogP contribution in [0.25, 0.3) is 11.4 Å². The van der Waals surface area contributed by atoms with Crippen molar-refractivity contribution in [1.82, 2.24) is 25.1 Å². The lowest BCUT2D eigenvalue weighted by molar-refractivity contribution is 0.0697. The van der Waals surface area contributed by atoms with E-state index in [9.17, 15) is 4.79 Å². The lowest BCUT2D eigenvalue weighted by atomic mass is 10.2. The summed E-state index contributed by atoms with van der Waals surface area (Å²) in [6, 6.07) is 4.60. The fourth-order valence-corrected chi connectivity index (χ4v) is 2.49. The molecule has 1 aliphatic carbocycles. The van der Waals surface area contributed by atoms with Gasteiger partial charge in [0.25, 0.3) is 0 Å². The molecule has 0 spiro atoms. The van der Waals surface area contributed by atoms with Crippen molar-refractivity contribution >= 4 is 11.9 Å². The van der Waals surface area contributed by atoms with Crippen molar-refractivity contribution < 1.29 is 14.4 Å². The molecule has 0 saturated heterocycles. The van der Waals surface area contributed by atoms with Gasteiger partial charge in [0.05, 0.1) is 23.5 Å². The number of carboxylic acids is 1. The molecule has 0 aromatic carbocycles. The van der Waals surface area contributed by atoms with E-state index in [4.69, 9.17) is 9.63 Å². The number of nitrogens with zero attached hydrogens (tertiary/aromatic N) is 6. The molecule has 0 unspecified atom stereocenters. The number of anilines is 1. The second-order valence-electron chi connectivity index (χ2n) is 6.15. The van der Waals surface area contributed by atoms with Crippen LogP contribution in [0.1, 0.15) is 40.8 Å². The van der Waals surface area contributed by atoms with Crippen LogP contribution < -0.4 is 4.90 Å². The molecule has 0 aliphatic heterocycles. The number of carboxylic acid groups (broad SMARTS) is 1. The van der Waals surface area contributed by atoms with E-state index in [0.29, 0.717) is 35.7 Å². The Morgan fingerprint density at radius 2 is 2.04 bits per heavy atom. The first-order valence-corrected chi connectivity index (χ1v) is 8.16. The Morgan fingerprint density at radius 3 is 2.81 bits per heavy atom. The van der Waals surface area contributed by atoms with Crippen LogP contribution in [0.5, 0.6) is 0 Å². The minimum absolute atomic E-state index is 0.155. The number of hydrogen-bond acceptors (Lipinski definition) is 8. The van der Waals surface area contributed by atoms with E-state index in [0.717, 1.165) is 18.7 Å². The van der Waals surface area contributed by atoms with Crippen molar-refractivity contribution in [2.45, 2.75) is 25.3 Å². The van der Waals surface area contributed by atoms with Gasteiger partial charge in [-0.15, -0.1) is 0 Å². The second kappa shape index (κ2) is 6.51. The smallest absolute Gasteiger partial charge is 0.335 e. The van der Waals surface area contributed by atoms with Crippen molar-refractivity contribution in [3.05, 3.63) is 47.9 Å². The summed E-state index contributed by atoms with van der Waals surface area (Å²) in [6.45, 7) is 0.381. The molecule has 3 aromatic rings. The number of aromatic nitrogens is 5. The maximum absolute atomic E-state index is 11.1. The van der Waals surface area contributed by atoms with Gasteiger partial charge < -0.3 is 14.5 Å². The summed E-state index contributed by atoms with van der Waals surface area (Å²) in [5.74, 6) is 1.15. The van der Waals surface area contributed by atoms with Crippen LogP contribution in [-0.2, 0) is 6.54 Å². The third kappa shape index (κ3) is 3.37. The van der Waals surface area contributed by atoms with Crippen molar-refractivity contribution in [1.29, 1.82) is 0 Å². The van der Waals surface area contributed by atoms with Crippen LogP contribution in [-0.4, -0.2) is 43.2 Å². The summed E-state index contributed by atoms with van der Waals surface area (Å²) in [4.78, 5) is 30.2. The summed E-state index contributed by atoms with van der Waals surface area (Å²) in [6.07, 6.45) is 5.28. The van der Waals surface area contributed by atoms with Gasteiger partial charge in [-0.2, -0.15) is 4.98 Å². The Morgan fingerprint density at radius 1 is 1.23 bits per heavy atom. The zero-order valence-electron chi connectivity index (χ0n) is 14.0. The van der Waals surface area contributed by atoms with Gasteiger partial charge in [-0.3, -0.25) is 4.98 Å². The van der Waals surface area contributed by atoms with Gasteiger partial charge >= 0.3 is 5.97 Å². The molecule has 0 amide bonds. The van der Waals surface area contributed by atoms with Crippen LogP contribution in [0.15, 0.2) is 35.1 Å². The standard InChI is InChI=1S/C17H16N6O3/c1-23(9-14-21-15(22-26-14)10-2-3-10)17-19-7-5-12(20-17)13-8-11(16(24)25)4-6-18-13/h4-8,10H,2-3,9H2,1H3,(H,24,25). The van der Waals surface area contributed by atoms with Gasteiger partial charge in [-0.05, 0) is 31.0 Å². The summed E-state index contributed by atoms with van der Waals surface area (Å²) in [5, 5.41) is 13.1. The first kappa shape index (κ1) is 16.1. The quantitative estimate of drug-likeness (QED) is 0.711. The number of aromatic carboxylic acids is 1. The third-order valence-electron chi connectivity index (χ3n) is 4.05. The van der Waals surface area contributed by atoms with Gasteiger partial charge in [0.15, 0.2) is 5.82 Å². The summed E-state index contributed by atoms with van der Waals surface area (Å²) in [5.41, 5.74) is 1.16. The average Bonchev–Trinajstić information content (AvgIpc) is 3.41. The lowest BCUT2D eigenvalue weighted by Crippen LogP contribution is -2.19. The minimum Gasteiger partial charge on any atom is -0.478 e. The van der Waals surface area contributed by atoms with Crippen LogP contribution in [0.4, 0.5) is 5.95 Å². The van der Waals surface area contributed by atoms with Crippen LogP contribution in [0.2, 0.25) is 0 Å². The first-order valence-electron chi connectivity index (χ1n) is 8.16. The molecule has 3 heterocycles. The highest BCUT2D eigenvalue weighted by atomic mass is 16.5. The van der Waals surface area contributed by atoms with E-state index < -0.39 is 5.97 Å². The monoisotopic (exact) mass is 352 g/mol. The molecule has 0 radical (unpaired) electrons. The predicted molar refractivity (Wildman–Crippen MR) is 90.6 cm³/mol. The zero-order valence-corrected chi connectivity index (χ0v) is 14.0. The Kier molecular flexibility index (Phi) is 4.04. The molecule has 9 heteroatoms. The number of hydrogen-bond donors (Lipinski definition) is 1. The first-order chi connectivity index (χ1) is 12.6. The zero-order chi connectivity index (χ0) is 18.1. The molecule has 1 aliphatic rings. The van der Waals surface area contributed by atoms with Gasteiger partial charge in [-0.25, -0.2) is 14.8 Å². The van der Waals surface area contributed by atoms with Gasteiger partial charge in [0, 0.05) is 25.4 Å². The molecule has 3 aromatic heterocycles. The molecule has 1 N–H and O–H groups in total. The van der Waals surface area contributed by atoms with Gasteiger partial charge in [0.2, 0.25) is 11.8 Å².